The highest BCUT2D eigenvalue weighted by Gasteiger charge is 2.28. The molecule has 96 valence electrons. The Bertz CT molecular complexity index is 431. The summed E-state index contributed by atoms with van der Waals surface area (Å²) in [6, 6.07) is 8.92. The Morgan fingerprint density at radius 3 is 2.50 bits per heavy atom. The average molecular weight is 262 g/mol. The smallest absolute Gasteiger partial charge is 0.0406 e. The van der Waals surface area contributed by atoms with Crippen molar-refractivity contribution in [3.8, 4) is 0 Å². The predicted octanol–water partition coefficient (Wildman–Crippen LogP) is 4.37. The second-order valence-electron chi connectivity index (χ2n) is 5.42. The van der Waals surface area contributed by atoms with Crippen LogP contribution in [0.25, 0.3) is 6.08 Å². The van der Waals surface area contributed by atoms with Crippen molar-refractivity contribution in [2.75, 3.05) is 13.1 Å². The van der Waals surface area contributed by atoms with Crippen molar-refractivity contribution in [2.45, 2.75) is 38.1 Å². The zero-order chi connectivity index (χ0) is 12.4. The second-order valence-corrected chi connectivity index (χ2v) is 5.86. The summed E-state index contributed by atoms with van der Waals surface area (Å²) in [4.78, 5) is 2.64. The minimum Gasteiger partial charge on any atom is -0.297 e. The average Bonchev–Trinajstić information content (AvgIpc) is 2.32. The molecule has 18 heavy (non-hydrogen) atoms. The molecule has 1 saturated heterocycles. The fraction of sp³-hybridized carbons (Fsp3) is 0.500. The van der Waals surface area contributed by atoms with Crippen LogP contribution in [-0.4, -0.2) is 24.0 Å². The van der Waals surface area contributed by atoms with Gasteiger partial charge in [0, 0.05) is 11.1 Å². The molecule has 0 spiro atoms. The molecule has 1 unspecified atom stereocenters. The molecule has 0 aromatic heterocycles. The van der Waals surface area contributed by atoms with Crippen LogP contribution < -0.4 is 0 Å². The third-order valence-corrected chi connectivity index (χ3v) is 4.43. The van der Waals surface area contributed by atoms with Crippen LogP contribution in [0.5, 0.6) is 0 Å². The van der Waals surface area contributed by atoms with E-state index in [9.17, 15) is 0 Å². The first-order valence-electron chi connectivity index (χ1n) is 7.03. The standard InChI is InChI=1S/C16H20ClN/c17-15-8-6-13(7-9-15)12-14-4-1-2-5-16(14)18-10-3-11-18/h6-9,12,16H,1-5,10-11H2. The minimum atomic E-state index is 0.711. The van der Waals surface area contributed by atoms with E-state index >= 15 is 0 Å². The molecule has 2 aliphatic rings. The normalized spacial score (nSPS) is 27.2. The Hall–Kier alpha value is -0.790. The first-order valence-corrected chi connectivity index (χ1v) is 7.41. The fourth-order valence-corrected chi connectivity index (χ4v) is 3.16. The van der Waals surface area contributed by atoms with Crippen molar-refractivity contribution in [2.24, 2.45) is 0 Å². The van der Waals surface area contributed by atoms with Gasteiger partial charge < -0.3 is 0 Å². The van der Waals surface area contributed by atoms with Crippen LogP contribution >= 0.6 is 11.6 Å². The zero-order valence-electron chi connectivity index (χ0n) is 10.7. The highest BCUT2D eigenvalue weighted by Crippen LogP contribution is 2.32. The Balaban J connectivity index is 1.80. The van der Waals surface area contributed by atoms with Crippen molar-refractivity contribution in [1.82, 2.24) is 4.90 Å². The third-order valence-electron chi connectivity index (χ3n) is 4.17. The van der Waals surface area contributed by atoms with Crippen LogP contribution in [0.4, 0.5) is 0 Å². The van der Waals surface area contributed by atoms with Gasteiger partial charge in [0.15, 0.2) is 0 Å². The van der Waals surface area contributed by atoms with Crippen LogP contribution in [-0.2, 0) is 0 Å². The van der Waals surface area contributed by atoms with Crippen molar-refractivity contribution in [3.05, 3.63) is 40.4 Å². The molecule has 2 fully saturated rings. The molecule has 1 nitrogen and oxygen atoms in total. The summed E-state index contributed by atoms with van der Waals surface area (Å²) in [5.41, 5.74) is 2.92. The van der Waals surface area contributed by atoms with Gasteiger partial charge in [-0.2, -0.15) is 0 Å². The van der Waals surface area contributed by atoms with Crippen LogP contribution in [0, 0.1) is 0 Å². The lowest BCUT2D eigenvalue weighted by Crippen LogP contribution is -2.46. The summed E-state index contributed by atoms with van der Waals surface area (Å²) >= 11 is 5.94. The van der Waals surface area contributed by atoms with Gasteiger partial charge >= 0.3 is 0 Å². The largest absolute Gasteiger partial charge is 0.297 e. The van der Waals surface area contributed by atoms with Crippen molar-refractivity contribution >= 4 is 17.7 Å². The number of halogens is 1. The van der Waals surface area contributed by atoms with Crippen molar-refractivity contribution < 1.29 is 0 Å². The van der Waals surface area contributed by atoms with Gasteiger partial charge in [0.2, 0.25) is 0 Å². The number of benzene rings is 1. The van der Waals surface area contributed by atoms with E-state index in [4.69, 9.17) is 11.6 Å². The van der Waals surface area contributed by atoms with Gasteiger partial charge in [0.25, 0.3) is 0 Å². The van der Waals surface area contributed by atoms with Gasteiger partial charge in [-0.15, -0.1) is 0 Å². The zero-order valence-corrected chi connectivity index (χ0v) is 11.5. The van der Waals surface area contributed by atoms with E-state index in [0.29, 0.717) is 6.04 Å². The first-order chi connectivity index (χ1) is 8.83. The molecule has 0 bridgehead atoms. The molecule has 0 N–H and O–H groups in total. The van der Waals surface area contributed by atoms with E-state index in [-0.39, 0.29) is 0 Å². The number of hydrogen-bond donors (Lipinski definition) is 0. The SMILES string of the molecule is Clc1ccc(C=C2CCCCC2N2CCC2)cc1. The number of nitrogens with zero attached hydrogens (tertiary/aromatic N) is 1. The molecule has 1 heterocycles. The summed E-state index contributed by atoms with van der Waals surface area (Å²) in [6.07, 6.45) is 9.12. The van der Waals surface area contributed by atoms with Gasteiger partial charge in [-0.1, -0.05) is 41.8 Å². The summed E-state index contributed by atoms with van der Waals surface area (Å²) in [7, 11) is 0. The lowest BCUT2D eigenvalue weighted by atomic mass is 9.86. The van der Waals surface area contributed by atoms with E-state index < -0.39 is 0 Å². The lowest BCUT2D eigenvalue weighted by Gasteiger charge is -2.42. The van der Waals surface area contributed by atoms with Crippen LogP contribution in [0.15, 0.2) is 29.8 Å². The monoisotopic (exact) mass is 261 g/mol. The lowest BCUT2D eigenvalue weighted by molar-refractivity contribution is 0.121. The Kier molecular flexibility index (Phi) is 3.72. The Labute approximate surface area is 114 Å². The van der Waals surface area contributed by atoms with Gasteiger partial charge in [0.1, 0.15) is 0 Å². The Morgan fingerprint density at radius 2 is 1.83 bits per heavy atom. The Morgan fingerprint density at radius 1 is 1.06 bits per heavy atom. The van der Waals surface area contributed by atoms with E-state index in [1.54, 1.807) is 5.57 Å². The molecule has 0 amide bonds. The summed E-state index contributed by atoms with van der Waals surface area (Å²) < 4.78 is 0. The predicted molar refractivity (Wildman–Crippen MR) is 77.9 cm³/mol. The maximum absolute atomic E-state index is 5.94. The van der Waals surface area contributed by atoms with E-state index in [1.165, 1.54) is 50.8 Å². The molecule has 1 atom stereocenters. The van der Waals surface area contributed by atoms with E-state index in [0.717, 1.165) is 5.02 Å². The van der Waals surface area contributed by atoms with Gasteiger partial charge in [0.05, 0.1) is 0 Å². The molecule has 1 saturated carbocycles. The van der Waals surface area contributed by atoms with Gasteiger partial charge in [-0.3, -0.25) is 4.90 Å². The van der Waals surface area contributed by atoms with E-state index in [2.05, 4.69) is 23.1 Å². The van der Waals surface area contributed by atoms with Crippen LogP contribution in [0.3, 0.4) is 0 Å². The molecule has 1 aliphatic heterocycles. The quantitative estimate of drug-likeness (QED) is 0.764. The number of hydrogen-bond acceptors (Lipinski definition) is 1. The number of rotatable bonds is 2. The van der Waals surface area contributed by atoms with Gasteiger partial charge in [-0.25, -0.2) is 0 Å². The third kappa shape index (κ3) is 2.62. The van der Waals surface area contributed by atoms with Gasteiger partial charge in [-0.05, 0) is 56.5 Å². The van der Waals surface area contributed by atoms with Crippen molar-refractivity contribution in [1.29, 1.82) is 0 Å². The topological polar surface area (TPSA) is 3.24 Å². The van der Waals surface area contributed by atoms with Crippen molar-refractivity contribution in [3.63, 3.8) is 0 Å². The molecular formula is C16H20ClN. The molecule has 1 aliphatic carbocycles. The molecule has 0 radical (unpaired) electrons. The van der Waals surface area contributed by atoms with E-state index in [1.807, 2.05) is 12.1 Å². The molecule has 2 heteroatoms. The fourth-order valence-electron chi connectivity index (χ4n) is 3.03. The minimum absolute atomic E-state index is 0.711. The highest BCUT2D eigenvalue weighted by molar-refractivity contribution is 6.30. The van der Waals surface area contributed by atoms with Crippen LogP contribution in [0.2, 0.25) is 5.02 Å². The van der Waals surface area contributed by atoms with Crippen LogP contribution in [0.1, 0.15) is 37.7 Å². The number of likely N-dealkylation sites (tertiary alicyclic amines) is 1. The summed E-state index contributed by atoms with van der Waals surface area (Å²) in [6.45, 7) is 2.59. The summed E-state index contributed by atoms with van der Waals surface area (Å²) in [5, 5.41) is 0.820. The molecule has 3 rings (SSSR count). The molecule has 1 aromatic carbocycles. The first kappa shape index (κ1) is 12.3. The maximum Gasteiger partial charge on any atom is 0.0406 e. The summed E-state index contributed by atoms with van der Waals surface area (Å²) in [5.74, 6) is 0. The molecular weight excluding hydrogens is 242 g/mol. The highest BCUT2D eigenvalue weighted by atomic mass is 35.5. The maximum atomic E-state index is 5.94. The molecule has 1 aromatic rings. The second kappa shape index (κ2) is 5.46.